The molecule has 5 rings (SSSR count). The van der Waals surface area contributed by atoms with Crippen LogP contribution in [-0.2, 0) is 0 Å². The van der Waals surface area contributed by atoms with Gasteiger partial charge >= 0.3 is 0 Å². The smallest absolute Gasteiger partial charge is 0.0715 e. The van der Waals surface area contributed by atoms with Gasteiger partial charge in [0.25, 0.3) is 0 Å². The van der Waals surface area contributed by atoms with E-state index in [0.717, 1.165) is 44.2 Å². The quantitative estimate of drug-likeness (QED) is 0.286. The number of aromatic nitrogens is 1. The molecule has 0 saturated carbocycles. The van der Waals surface area contributed by atoms with Gasteiger partial charge in [-0.2, -0.15) is 0 Å². The lowest BCUT2D eigenvalue weighted by Crippen LogP contribution is -1.91. The van der Waals surface area contributed by atoms with Crippen LogP contribution in [0.15, 0.2) is 121 Å². The van der Waals surface area contributed by atoms with Crippen molar-refractivity contribution in [3.8, 4) is 44.8 Å². The molecule has 0 aliphatic rings. The zero-order valence-electron chi connectivity index (χ0n) is 16.9. The van der Waals surface area contributed by atoms with Crippen LogP contribution in [-0.4, -0.2) is 4.98 Å². The molecule has 0 amide bonds. The fraction of sp³-hybridized carbons (Fsp3) is 0. The lowest BCUT2D eigenvalue weighted by Gasteiger charge is -2.12. The van der Waals surface area contributed by atoms with Gasteiger partial charge in [0.2, 0.25) is 0 Å². The molecule has 0 N–H and O–H groups in total. The Kier molecular flexibility index (Phi) is 5.35. The van der Waals surface area contributed by atoms with Crippen LogP contribution in [0.3, 0.4) is 0 Å². The van der Waals surface area contributed by atoms with E-state index in [1.54, 1.807) is 0 Å². The Morgan fingerprint density at radius 2 is 0.968 bits per heavy atom. The number of rotatable bonds is 4. The van der Waals surface area contributed by atoms with Crippen molar-refractivity contribution in [1.82, 2.24) is 4.98 Å². The van der Waals surface area contributed by atoms with Gasteiger partial charge in [0, 0.05) is 21.7 Å². The largest absolute Gasteiger partial charge is 0.248 e. The Morgan fingerprint density at radius 1 is 0.419 bits per heavy atom. The molecule has 2 heteroatoms. The second-order valence-electron chi connectivity index (χ2n) is 7.42. The first-order valence-corrected chi connectivity index (χ1v) is 10.6. The van der Waals surface area contributed by atoms with Gasteiger partial charge in [-0.1, -0.05) is 109 Å². The summed E-state index contributed by atoms with van der Waals surface area (Å²) in [6, 6.07) is 41.4. The number of nitrogens with zero attached hydrogens (tertiary/aromatic N) is 1. The number of hydrogen-bond acceptors (Lipinski definition) is 1. The summed E-state index contributed by atoms with van der Waals surface area (Å²) in [5.74, 6) is 0. The minimum Gasteiger partial charge on any atom is -0.248 e. The first kappa shape index (κ1) is 19.3. The second-order valence-corrected chi connectivity index (χ2v) is 7.83. The summed E-state index contributed by atoms with van der Waals surface area (Å²) >= 11 is 6.45. The van der Waals surface area contributed by atoms with Crippen molar-refractivity contribution >= 4 is 11.6 Å². The molecule has 0 aliphatic carbocycles. The van der Waals surface area contributed by atoms with Gasteiger partial charge in [0.05, 0.1) is 11.4 Å². The molecule has 1 nitrogen and oxygen atoms in total. The van der Waals surface area contributed by atoms with E-state index in [4.69, 9.17) is 16.6 Å². The average molecular weight is 418 g/mol. The molecule has 4 aromatic carbocycles. The fourth-order valence-corrected chi connectivity index (χ4v) is 4.02. The Bertz CT molecular complexity index is 1270. The molecule has 0 radical (unpaired) electrons. The Labute approximate surface area is 187 Å². The zero-order chi connectivity index (χ0) is 21.0. The van der Waals surface area contributed by atoms with E-state index in [9.17, 15) is 0 Å². The SMILES string of the molecule is Clc1ccccc1-c1cccc(-c2cc(-c3ccccc3)cc(-c3ccccc3)n2)c1. The molecule has 0 atom stereocenters. The van der Waals surface area contributed by atoms with Gasteiger partial charge in [-0.05, 0) is 41.0 Å². The molecule has 0 saturated heterocycles. The highest BCUT2D eigenvalue weighted by molar-refractivity contribution is 6.33. The summed E-state index contributed by atoms with van der Waals surface area (Å²) in [4.78, 5) is 5.02. The van der Waals surface area contributed by atoms with E-state index in [2.05, 4.69) is 72.8 Å². The fourth-order valence-electron chi connectivity index (χ4n) is 3.77. The topological polar surface area (TPSA) is 12.9 Å². The van der Waals surface area contributed by atoms with E-state index < -0.39 is 0 Å². The Balaban J connectivity index is 1.67. The minimum absolute atomic E-state index is 0.746. The van der Waals surface area contributed by atoms with Gasteiger partial charge in [-0.3, -0.25) is 0 Å². The standard InChI is InChI=1S/C29H20ClN/c30-27-17-8-7-16-26(27)23-14-9-15-24(18-23)29-20-25(21-10-3-1-4-11-21)19-28(31-29)22-12-5-2-6-13-22/h1-20H. The van der Waals surface area contributed by atoms with Gasteiger partial charge in [-0.25, -0.2) is 4.98 Å². The number of hydrogen-bond donors (Lipinski definition) is 0. The molecule has 0 unspecified atom stereocenters. The van der Waals surface area contributed by atoms with Crippen LogP contribution in [0.1, 0.15) is 0 Å². The highest BCUT2D eigenvalue weighted by Crippen LogP contribution is 2.33. The third-order valence-electron chi connectivity index (χ3n) is 5.35. The zero-order valence-corrected chi connectivity index (χ0v) is 17.6. The van der Waals surface area contributed by atoms with Crippen molar-refractivity contribution in [1.29, 1.82) is 0 Å². The molecule has 0 bridgehead atoms. The van der Waals surface area contributed by atoms with Crippen LogP contribution in [0.2, 0.25) is 5.02 Å². The first-order valence-electron chi connectivity index (χ1n) is 10.3. The minimum atomic E-state index is 0.746. The van der Waals surface area contributed by atoms with Crippen molar-refractivity contribution in [3.63, 3.8) is 0 Å². The highest BCUT2D eigenvalue weighted by atomic mass is 35.5. The maximum Gasteiger partial charge on any atom is 0.0715 e. The Morgan fingerprint density at radius 3 is 1.68 bits per heavy atom. The lowest BCUT2D eigenvalue weighted by molar-refractivity contribution is 1.32. The monoisotopic (exact) mass is 417 g/mol. The van der Waals surface area contributed by atoms with Crippen LogP contribution in [0.25, 0.3) is 44.8 Å². The third kappa shape index (κ3) is 4.14. The van der Waals surface area contributed by atoms with Crippen LogP contribution in [0.5, 0.6) is 0 Å². The van der Waals surface area contributed by atoms with E-state index in [1.807, 2.05) is 48.5 Å². The van der Waals surface area contributed by atoms with E-state index >= 15 is 0 Å². The first-order chi connectivity index (χ1) is 15.3. The van der Waals surface area contributed by atoms with Gasteiger partial charge in [-0.15, -0.1) is 0 Å². The molecule has 1 heterocycles. The molecule has 31 heavy (non-hydrogen) atoms. The number of benzene rings is 4. The average Bonchev–Trinajstić information content (AvgIpc) is 2.85. The lowest BCUT2D eigenvalue weighted by atomic mass is 9.98. The molecule has 5 aromatic rings. The number of halogens is 1. The van der Waals surface area contributed by atoms with Crippen LogP contribution < -0.4 is 0 Å². The molecule has 1 aromatic heterocycles. The molecule has 0 fully saturated rings. The van der Waals surface area contributed by atoms with E-state index in [-0.39, 0.29) is 0 Å². The highest BCUT2D eigenvalue weighted by Gasteiger charge is 2.10. The molecular formula is C29H20ClN. The summed E-state index contributed by atoms with van der Waals surface area (Å²) in [7, 11) is 0. The second kappa shape index (κ2) is 8.59. The van der Waals surface area contributed by atoms with Crippen LogP contribution >= 0.6 is 11.6 Å². The summed E-state index contributed by atoms with van der Waals surface area (Å²) in [6.45, 7) is 0. The van der Waals surface area contributed by atoms with Crippen molar-refractivity contribution in [2.24, 2.45) is 0 Å². The third-order valence-corrected chi connectivity index (χ3v) is 5.67. The summed E-state index contributed by atoms with van der Waals surface area (Å²) in [5, 5.41) is 0.746. The van der Waals surface area contributed by atoms with Gasteiger partial charge < -0.3 is 0 Å². The van der Waals surface area contributed by atoms with Crippen molar-refractivity contribution < 1.29 is 0 Å². The van der Waals surface area contributed by atoms with Gasteiger partial charge in [0.1, 0.15) is 0 Å². The summed E-state index contributed by atoms with van der Waals surface area (Å²) in [5.41, 5.74) is 8.48. The molecular weight excluding hydrogens is 398 g/mol. The van der Waals surface area contributed by atoms with E-state index in [0.29, 0.717) is 0 Å². The summed E-state index contributed by atoms with van der Waals surface area (Å²) in [6.07, 6.45) is 0. The predicted octanol–water partition coefficient (Wildman–Crippen LogP) is 8.40. The van der Waals surface area contributed by atoms with Crippen molar-refractivity contribution in [3.05, 3.63) is 126 Å². The molecule has 0 aliphatic heterocycles. The van der Waals surface area contributed by atoms with E-state index in [1.165, 1.54) is 5.56 Å². The maximum absolute atomic E-state index is 6.45. The van der Waals surface area contributed by atoms with Crippen molar-refractivity contribution in [2.45, 2.75) is 0 Å². The normalized spacial score (nSPS) is 10.7. The van der Waals surface area contributed by atoms with Crippen molar-refractivity contribution in [2.75, 3.05) is 0 Å². The van der Waals surface area contributed by atoms with Crippen LogP contribution in [0, 0.1) is 0 Å². The predicted molar refractivity (Wildman–Crippen MR) is 131 cm³/mol. The summed E-state index contributed by atoms with van der Waals surface area (Å²) < 4.78 is 0. The maximum atomic E-state index is 6.45. The molecule has 0 spiro atoms. The van der Waals surface area contributed by atoms with Gasteiger partial charge in [0.15, 0.2) is 0 Å². The molecule has 148 valence electrons. The Hall–Kier alpha value is -3.68. The van der Waals surface area contributed by atoms with Crippen LogP contribution in [0.4, 0.5) is 0 Å². The number of pyridine rings is 1.